The lowest BCUT2D eigenvalue weighted by Crippen LogP contribution is -2.33. The molecule has 1 atom stereocenters. The lowest BCUT2D eigenvalue weighted by atomic mass is 9.78. The smallest absolute Gasteiger partial charge is 0.141 e. The summed E-state index contributed by atoms with van der Waals surface area (Å²) in [6, 6.07) is 3.73. The Kier molecular flexibility index (Phi) is 4.55. The fourth-order valence-corrected chi connectivity index (χ4v) is 2.56. The molecule has 0 aliphatic heterocycles. The Morgan fingerprint density at radius 2 is 2.28 bits per heavy atom. The molecule has 1 unspecified atom stereocenters. The summed E-state index contributed by atoms with van der Waals surface area (Å²) in [6.45, 7) is 2.84. The van der Waals surface area contributed by atoms with E-state index in [1.165, 1.54) is 0 Å². The molecule has 0 spiro atoms. The molecule has 0 saturated heterocycles. The molecule has 0 amide bonds. The number of rotatable bonds is 6. The average molecular weight is 250 g/mol. The second-order valence-electron chi connectivity index (χ2n) is 4.85. The van der Waals surface area contributed by atoms with Crippen molar-refractivity contribution in [1.29, 1.82) is 0 Å². The molecule has 1 fully saturated rings. The maximum atomic E-state index is 6.22. The Labute approximate surface area is 108 Å². The Hall–Kier alpha value is -1.13. The van der Waals surface area contributed by atoms with E-state index in [4.69, 9.17) is 15.2 Å². The molecule has 1 aliphatic rings. The monoisotopic (exact) mass is 250 g/mol. The Bertz CT molecular complexity index is 378. The maximum absolute atomic E-state index is 6.22. The highest BCUT2D eigenvalue weighted by Crippen LogP contribution is 2.37. The van der Waals surface area contributed by atoms with Crippen LogP contribution in [0.4, 0.5) is 0 Å². The number of aromatic nitrogens is 1. The fraction of sp³-hybridized carbons (Fsp3) is 0.643. The topological polar surface area (TPSA) is 57.4 Å². The van der Waals surface area contributed by atoms with Gasteiger partial charge in [-0.3, -0.25) is 4.98 Å². The molecule has 2 N–H and O–H groups in total. The Morgan fingerprint density at radius 3 is 2.94 bits per heavy atom. The average Bonchev–Trinajstić information content (AvgIpc) is 2.36. The van der Waals surface area contributed by atoms with E-state index in [1.807, 2.05) is 19.1 Å². The highest BCUT2D eigenvalue weighted by Gasteiger charge is 2.31. The number of hydrogen-bond donors (Lipinski definition) is 1. The minimum Gasteiger partial charge on any atom is -0.495 e. The van der Waals surface area contributed by atoms with Crippen LogP contribution in [0.5, 0.6) is 5.75 Å². The van der Waals surface area contributed by atoms with Crippen LogP contribution in [0.15, 0.2) is 18.3 Å². The van der Waals surface area contributed by atoms with E-state index < -0.39 is 0 Å². The van der Waals surface area contributed by atoms with Crippen LogP contribution in [0.3, 0.4) is 0 Å². The summed E-state index contributed by atoms with van der Waals surface area (Å²) in [5, 5.41) is 0. The van der Waals surface area contributed by atoms with Gasteiger partial charge >= 0.3 is 0 Å². The predicted octanol–water partition coefficient (Wildman–Crippen LogP) is 2.30. The Morgan fingerprint density at radius 1 is 1.50 bits per heavy atom. The van der Waals surface area contributed by atoms with Gasteiger partial charge < -0.3 is 15.2 Å². The molecule has 2 rings (SSSR count). The lowest BCUT2D eigenvalue weighted by Gasteiger charge is -2.36. The zero-order chi connectivity index (χ0) is 13.0. The number of pyridine rings is 1. The van der Waals surface area contributed by atoms with Gasteiger partial charge in [-0.25, -0.2) is 0 Å². The van der Waals surface area contributed by atoms with Crippen LogP contribution in [-0.4, -0.2) is 24.8 Å². The SMILES string of the molecule is CCOC1CC(CC(N)c2ncccc2OC)C1. The minimum absolute atomic E-state index is 0.0475. The van der Waals surface area contributed by atoms with Gasteiger partial charge in [-0.2, -0.15) is 0 Å². The van der Waals surface area contributed by atoms with Crippen molar-refractivity contribution >= 4 is 0 Å². The molecule has 1 aromatic heterocycles. The van der Waals surface area contributed by atoms with Crippen LogP contribution in [0.25, 0.3) is 0 Å². The van der Waals surface area contributed by atoms with Crippen LogP contribution in [0.2, 0.25) is 0 Å². The molecule has 1 aromatic rings. The van der Waals surface area contributed by atoms with Gasteiger partial charge in [0.25, 0.3) is 0 Å². The summed E-state index contributed by atoms with van der Waals surface area (Å²) in [5.41, 5.74) is 7.08. The molecule has 0 radical (unpaired) electrons. The molecular weight excluding hydrogens is 228 g/mol. The van der Waals surface area contributed by atoms with E-state index in [2.05, 4.69) is 4.98 Å². The van der Waals surface area contributed by atoms with Crippen LogP contribution < -0.4 is 10.5 Å². The molecule has 4 nitrogen and oxygen atoms in total. The first-order valence-corrected chi connectivity index (χ1v) is 6.60. The third-order valence-corrected chi connectivity index (χ3v) is 3.55. The molecular formula is C14H22N2O2. The highest BCUT2D eigenvalue weighted by molar-refractivity contribution is 5.29. The standard InChI is InChI=1S/C14H22N2O2/c1-3-18-11-7-10(8-11)9-12(15)14-13(17-2)5-4-6-16-14/h4-6,10-12H,3,7-9,15H2,1-2H3. The van der Waals surface area contributed by atoms with Crippen molar-refractivity contribution in [3.05, 3.63) is 24.0 Å². The first-order valence-electron chi connectivity index (χ1n) is 6.60. The van der Waals surface area contributed by atoms with E-state index in [0.717, 1.165) is 37.3 Å². The summed E-state index contributed by atoms with van der Waals surface area (Å²) in [5.74, 6) is 1.44. The second kappa shape index (κ2) is 6.16. The van der Waals surface area contributed by atoms with Crippen LogP contribution in [-0.2, 0) is 4.74 Å². The quantitative estimate of drug-likeness (QED) is 0.841. The first kappa shape index (κ1) is 13.3. The molecule has 0 aromatic carbocycles. The van der Waals surface area contributed by atoms with Crippen molar-refractivity contribution in [2.75, 3.05) is 13.7 Å². The first-order chi connectivity index (χ1) is 8.74. The normalized spacial score (nSPS) is 24.4. The number of hydrogen-bond acceptors (Lipinski definition) is 4. The van der Waals surface area contributed by atoms with Crippen molar-refractivity contribution in [2.24, 2.45) is 11.7 Å². The Balaban J connectivity index is 1.87. The van der Waals surface area contributed by atoms with Gasteiger partial charge in [0.1, 0.15) is 5.75 Å². The van der Waals surface area contributed by atoms with E-state index in [9.17, 15) is 0 Å². The molecule has 0 bridgehead atoms. The largest absolute Gasteiger partial charge is 0.495 e. The summed E-state index contributed by atoms with van der Waals surface area (Å²) in [4.78, 5) is 4.33. The van der Waals surface area contributed by atoms with Crippen LogP contribution in [0, 0.1) is 5.92 Å². The maximum Gasteiger partial charge on any atom is 0.141 e. The summed E-state index contributed by atoms with van der Waals surface area (Å²) in [6.07, 6.45) is 5.41. The second-order valence-corrected chi connectivity index (χ2v) is 4.85. The van der Waals surface area contributed by atoms with Crippen molar-refractivity contribution < 1.29 is 9.47 Å². The molecule has 1 saturated carbocycles. The van der Waals surface area contributed by atoms with Gasteiger partial charge in [0.2, 0.25) is 0 Å². The number of methoxy groups -OCH3 is 1. The third-order valence-electron chi connectivity index (χ3n) is 3.55. The van der Waals surface area contributed by atoms with Gasteiger partial charge in [0.05, 0.1) is 24.9 Å². The predicted molar refractivity (Wildman–Crippen MR) is 70.5 cm³/mol. The van der Waals surface area contributed by atoms with Crippen LogP contribution in [0.1, 0.15) is 37.9 Å². The molecule has 1 heterocycles. The number of ether oxygens (including phenoxy) is 2. The van der Waals surface area contributed by atoms with E-state index in [-0.39, 0.29) is 6.04 Å². The van der Waals surface area contributed by atoms with Crippen LogP contribution >= 0.6 is 0 Å². The van der Waals surface area contributed by atoms with Gasteiger partial charge in [0.15, 0.2) is 0 Å². The van der Waals surface area contributed by atoms with E-state index in [1.54, 1.807) is 13.3 Å². The third kappa shape index (κ3) is 3.00. The van der Waals surface area contributed by atoms with E-state index >= 15 is 0 Å². The highest BCUT2D eigenvalue weighted by atomic mass is 16.5. The summed E-state index contributed by atoms with van der Waals surface area (Å²) >= 11 is 0. The summed E-state index contributed by atoms with van der Waals surface area (Å²) in [7, 11) is 1.65. The summed E-state index contributed by atoms with van der Waals surface area (Å²) < 4.78 is 10.9. The van der Waals surface area contributed by atoms with Gasteiger partial charge in [-0.1, -0.05) is 0 Å². The van der Waals surface area contributed by atoms with E-state index in [0.29, 0.717) is 12.0 Å². The van der Waals surface area contributed by atoms with Crippen molar-refractivity contribution in [3.63, 3.8) is 0 Å². The van der Waals surface area contributed by atoms with Crippen molar-refractivity contribution in [2.45, 2.75) is 38.3 Å². The van der Waals surface area contributed by atoms with Gasteiger partial charge in [0, 0.05) is 12.8 Å². The van der Waals surface area contributed by atoms with Gasteiger partial charge in [-0.05, 0) is 44.2 Å². The number of nitrogens with two attached hydrogens (primary N) is 1. The van der Waals surface area contributed by atoms with Crippen molar-refractivity contribution in [1.82, 2.24) is 4.98 Å². The van der Waals surface area contributed by atoms with Gasteiger partial charge in [-0.15, -0.1) is 0 Å². The minimum atomic E-state index is -0.0475. The molecule has 1 aliphatic carbocycles. The fourth-order valence-electron chi connectivity index (χ4n) is 2.56. The molecule has 18 heavy (non-hydrogen) atoms. The molecule has 4 heteroatoms. The lowest BCUT2D eigenvalue weighted by molar-refractivity contribution is -0.0283. The number of nitrogens with zero attached hydrogens (tertiary/aromatic N) is 1. The zero-order valence-electron chi connectivity index (χ0n) is 11.1. The molecule has 100 valence electrons. The van der Waals surface area contributed by atoms with Crippen molar-refractivity contribution in [3.8, 4) is 5.75 Å². The zero-order valence-corrected chi connectivity index (χ0v) is 11.1.